The van der Waals surface area contributed by atoms with Gasteiger partial charge in [-0.1, -0.05) is 11.6 Å². The number of hydrogen-bond acceptors (Lipinski definition) is 5. The molecule has 2 N–H and O–H groups in total. The molecule has 0 radical (unpaired) electrons. The van der Waals surface area contributed by atoms with Crippen molar-refractivity contribution in [2.75, 3.05) is 17.2 Å². The molecule has 2 saturated heterocycles. The molecule has 3 rings (SSSR count). The van der Waals surface area contributed by atoms with E-state index in [1.54, 1.807) is 24.3 Å². The first-order valence-corrected chi connectivity index (χ1v) is 9.58. The number of nitrogens with zero attached hydrogens (tertiary/aromatic N) is 2. The van der Waals surface area contributed by atoms with Gasteiger partial charge < -0.3 is 15.3 Å². The number of hydrogen-bond donors (Lipinski definition) is 2. The number of nitrogens with one attached hydrogen (secondary N) is 1. The molecule has 0 aliphatic carbocycles. The normalized spacial score (nSPS) is 26.6. The summed E-state index contributed by atoms with van der Waals surface area (Å²) in [6.07, 6.45) is 0. The third-order valence-corrected chi connectivity index (χ3v) is 6.37. The number of carboxylic acid groups (broad SMARTS) is 1. The van der Waals surface area contributed by atoms with Crippen LogP contribution in [0.2, 0.25) is 5.02 Å². The Bertz CT molecular complexity index is 817. The van der Waals surface area contributed by atoms with E-state index < -0.39 is 23.5 Å². The summed E-state index contributed by atoms with van der Waals surface area (Å²) in [5.41, 5.74) is -0.989. The van der Waals surface area contributed by atoms with E-state index in [9.17, 15) is 24.3 Å². The van der Waals surface area contributed by atoms with E-state index >= 15 is 0 Å². The highest BCUT2D eigenvalue weighted by atomic mass is 35.5. The number of fused-ring (bicyclic) bond motifs is 1. The van der Waals surface area contributed by atoms with Crippen molar-refractivity contribution in [2.24, 2.45) is 0 Å². The Hall–Kier alpha value is -2.26. The molecule has 2 heterocycles. The van der Waals surface area contributed by atoms with Crippen molar-refractivity contribution < 1.29 is 24.3 Å². The maximum atomic E-state index is 12.8. The molecule has 2 aliphatic heterocycles. The fourth-order valence-corrected chi connectivity index (χ4v) is 5.04. The monoisotopic (exact) mass is 411 g/mol. The van der Waals surface area contributed by atoms with E-state index in [0.29, 0.717) is 10.7 Å². The molecule has 2 unspecified atom stereocenters. The first-order chi connectivity index (χ1) is 12.7. The molecular weight excluding hydrogens is 394 g/mol. The molecule has 27 heavy (non-hydrogen) atoms. The molecule has 1 aromatic rings. The summed E-state index contributed by atoms with van der Waals surface area (Å²) in [5.74, 6) is -2.23. The number of rotatable bonds is 4. The topological polar surface area (TPSA) is 107 Å². The van der Waals surface area contributed by atoms with Gasteiger partial charge >= 0.3 is 5.97 Å². The summed E-state index contributed by atoms with van der Waals surface area (Å²) in [6.45, 7) is 2.47. The van der Waals surface area contributed by atoms with Gasteiger partial charge in [-0.15, -0.1) is 11.8 Å². The van der Waals surface area contributed by atoms with E-state index in [2.05, 4.69) is 5.32 Å². The minimum atomic E-state index is -1.53. The third kappa shape index (κ3) is 3.37. The standard InChI is InChI=1S/C17H18ClN3O5S/c1-9(22)19-17(16(25)26)7-20-14(24)13(15(20)27-8-17)21(10(2)23)12-5-3-11(18)4-6-12/h3-6,13,15H,7-8H2,1-2H3,(H,19,22)(H,25,26)/t13?,15-,17?/m1/s1. The molecular formula is C17H18ClN3O5S. The quantitative estimate of drug-likeness (QED) is 0.714. The van der Waals surface area contributed by atoms with Crippen molar-refractivity contribution in [3.05, 3.63) is 29.3 Å². The maximum absolute atomic E-state index is 12.8. The van der Waals surface area contributed by atoms with Gasteiger partial charge in [0.05, 0.1) is 6.54 Å². The minimum Gasteiger partial charge on any atom is -0.479 e. The second kappa shape index (κ2) is 7.05. The van der Waals surface area contributed by atoms with Crippen LogP contribution in [0.5, 0.6) is 0 Å². The Labute approximate surface area is 164 Å². The largest absolute Gasteiger partial charge is 0.479 e. The number of carboxylic acids is 1. The molecule has 1 aromatic carbocycles. The van der Waals surface area contributed by atoms with Crippen LogP contribution < -0.4 is 10.2 Å². The molecule has 2 fully saturated rings. The Morgan fingerprint density at radius 3 is 2.44 bits per heavy atom. The number of halogens is 1. The van der Waals surface area contributed by atoms with Gasteiger partial charge in [0.25, 0.3) is 0 Å². The van der Waals surface area contributed by atoms with Crippen molar-refractivity contribution in [1.29, 1.82) is 0 Å². The third-order valence-electron chi connectivity index (χ3n) is 4.60. The van der Waals surface area contributed by atoms with Crippen molar-refractivity contribution in [1.82, 2.24) is 10.2 Å². The summed E-state index contributed by atoms with van der Waals surface area (Å²) < 4.78 is 0. The fraction of sp³-hybridized carbons (Fsp3) is 0.412. The summed E-state index contributed by atoms with van der Waals surface area (Å²) in [4.78, 5) is 51.0. The summed E-state index contributed by atoms with van der Waals surface area (Å²) in [6, 6.07) is 5.86. The van der Waals surface area contributed by atoms with Crippen LogP contribution in [0, 0.1) is 0 Å². The number of aliphatic carboxylic acids is 1. The van der Waals surface area contributed by atoms with Crippen LogP contribution in [-0.2, 0) is 19.2 Å². The zero-order chi connectivity index (χ0) is 19.9. The number of thioether (sulfide) groups is 1. The smallest absolute Gasteiger partial charge is 0.332 e. The number of amides is 3. The second-order valence-electron chi connectivity index (χ2n) is 6.55. The fourth-order valence-electron chi connectivity index (χ4n) is 3.39. The van der Waals surface area contributed by atoms with Crippen molar-refractivity contribution >= 4 is 52.7 Å². The van der Waals surface area contributed by atoms with Crippen molar-refractivity contribution in [3.63, 3.8) is 0 Å². The van der Waals surface area contributed by atoms with Crippen LogP contribution in [0.4, 0.5) is 5.69 Å². The molecule has 144 valence electrons. The van der Waals surface area contributed by atoms with Gasteiger partial charge in [0.15, 0.2) is 5.54 Å². The highest BCUT2D eigenvalue weighted by Crippen LogP contribution is 2.42. The van der Waals surface area contributed by atoms with Gasteiger partial charge in [-0.3, -0.25) is 19.3 Å². The van der Waals surface area contributed by atoms with Crippen LogP contribution in [0.1, 0.15) is 13.8 Å². The Kier molecular flexibility index (Phi) is 5.09. The predicted molar refractivity (Wildman–Crippen MR) is 101 cm³/mol. The Morgan fingerprint density at radius 2 is 1.93 bits per heavy atom. The van der Waals surface area contributed by atoms with E-state index in [1.807, 2.05) is 0 Å². The van der Waals surface area contributed by atoms with Crippen LogP contribution in [0.15, 0.2) is 24.3 Å². The number of carbonyl (C=O) groups excluding carboxylic acids is 3. The minimum absolute atomic E-state index is 0.0965. The SMILES string of the molecule is CC(=O)NC1(C(=O)O)CS[C@@H]2C(N(C(C)=O)c3ccc(Cl)cc3)C(=O)N2C1. The molecule has 0 spiro atoms. The molecule has 10 heteroatoms. The van der Waals surface area contributed by atoms with Crippen LogP contribution >= 0.6 is 23.4 Å². The average molecular weight is 412 g/mol. The zero-order valence-corrected chi connectivity index (χ0v) is 16.2. The Morgan fingerprint density at radius 1 is 1.30 bits per heavy atom. The lowest BCUT2D eigenvalue weighted by atomic mass is 9.95. The first-order valence-electron chi connectivity index (χ1n) is 8.16. The van der Waals surface area contributed by atoms with Gasteiger partial charge in [0, 0.05) is 30.3 Å². The Balaban J connectivity index is 1.85. The van der Waals surface area contributed by atoms with Crippen LogP contribution in [-0.4, -0.2) is 62.9 Å². The molecule has 3 atom stereocenters. The molecule has 0 bridgehead atoms. The molecule has 2 aliphatic rings. The molecule has 0 aromatic heterocycles. The van der Waals surface area contributed by atoms with Gasteiger partial charge in [-0.2, -0.15) is 0 Å². The van der Waals surface area contributed by atoms with Gasteiger partial charge in [0.2, 0.25) is 17.7 Å². The summed E-state index contributed by atoms with van der Waals surface area (Å²) in [5, 5.41) is 12.2. The van der Waals surface area contributed by atoms with Gasteiger partial charge in [-0.25, -0.2) is 4.79 Å². The number of β-lactam (4-membered cyclic amide) rings is 1. The molecule has 8 nitrogen and oxygen atoms in total. The number of carbonyl (C=O) groups is 4. The highest BCUT2D eigenvalue weighted by Gasteiger charge is 2.59. The summed E-state index contributed by atoms with van der Waals surface area (Å²) >= 11 is 7.13. The first kappa shape index (κ1) is 19.5. The van der Waals surface area contributed by atoms with E-state index in [4.69, 9.17) is 11.6 Å². The number of benzene rings is 1. The van der Waals surface area contributed by atoms with Crippen molar-refractivity contribution in [2.45, 2.75) is 30.8 Å². The lowest BCUT2D eigenvalue weighted by Gasteiger charge is -2.56. The number of anilines is 1. The van der Waals surface area contributed by atoms with E-state index in [1.165, 1.54) is 35.4 Å². The van der Waals surface area contributed by atoms with Crippen molar-refractivity contribution in [3.8, 4) is 0 Å². The van der Waals surface area contributed by atoms with Gasteiger partial charge in [0.1, 0.15) is 11.4 Å². The zero-order valence-electron chi connectivity index (χ0n) is 14.6. The molecule has 0 saturated carbocycles. The maximum Gasteiger partial charge on any atom is 0.332 e. The second-order valence-corrected chi connectivity index (χ2v) is 8.09. The van der Waals surface area contributed by atoms with Gasteiger partial charge in [-0.05, 0) is 24.3 Å². The lowest BCUT2D eigenvalue weighted by molar-refractivity contribution is -0.155. The highest BCUT2D eigenvalue weighted by molar-refractivity contribution is 8.00. The van der Waals surface area contributed by atoms with Crippen LogP contribution in [0.3, 0.4) is 0 Å². The predicted octanol–water partition coefficient (Wildman–Crippen LogP) is 0.936. The summed E-state index contributed by atoms with van der Waals surface area (Å²) in [7, 11) is 0. The average Bonchev–Trinajstić information content (AvgIpc) is 2.59. The van der Waals surface area contributed by atoms with E-state index in [-0.39, 0.29) is 29.5 Å². The lowest BCUT2D eigenvalue weighted by Crippen LogP contribution is -2.78. The van der Waals surface area contributed by atoms with E-state index in [0.717, 1.165) is 0 Å². The van der Waals surface area contributed by atoms with Crippen LogP contribution in [0.25, 0.3) is 0 Å². The molecule has 3 amide bonds.